The lowest BCUT2D eigenvalue weighted by Crippen LogP contribution is -2.03. The molecule has 1 heterocycles. The summed E-state index contributed by atoms with van der Waals surface area (Å²) in [6.45, 7) is 2.12. The van der Waals surface area contributed by atoms with Gasteiger partial charge in [0.1, 0.15) is 6.10 Å². The third kappa shape index (κ3) is 2.30. The summed E-state index contributed by atoms with van der Waals surface area (Å²) < 4.78 is 0. The SMILES string of the molecule is CCc1ccc(C(O)c2nccc3ccccc23)cc1. The van der Waals surface area contributed by atoms with Crippen LogP contribution in [0.15, 0.2) is 60.8 Å². The Bertz CT molecular complexity index is 714. The van der Waals surface area contributed by atoms with Gasteiger partial charge >= 0.3 is 0 Å². The Hall–Kier alpha value is -2.19. The van der Waals surface area contributed by atoms with Crippen molar-refractivity contribution >= 4 is 10.8 Å². The largest absolute Gasteiger partial charge is 0.382 e. The smallest absolute Gasteiger partial charge is 0.122 e. The second kappa shape index (κ2) is 5.43. The zero-order valence-electron chi connectivity index (χ0n) is 11.5. The van der Waals surface area contributed by atoms with E-state index in [0.29, 0.717) is 5.69 Å². The molecule has 100 valence electrons. The Morgan fingerprint density at radius 2 is 1.75 bits per heavy atom. The van der Waals surface area contributed by atoms with Crippen molar-refractivity contribution in [1.29, 1.82) is 0 Å². The van der Waals surface area contributed by atoms with Crippen LogP contribution in [0, 0.1) is 0 Å². The van der Waals surface area contributed by atoms with Crippen molar-refractivity contribution in [2.24, 2.45) is 0 Å². The number of aromatic nitrogens is 1. The fourth-order valence-corrected chi connectivity index (χ4v) is 2.45. The summed E-state index contributed by atoms with van der Waals surface area (Å²) >= 11 is 0. The monoisotopic (exact) mass is 263 g/mol. The third-order valence-electron chi connectivity index (χ3n) is 3.67. The molecule has 0 saturated heterocycles. The fourth-order valence-electron chi connectivity index (χ4n) is 2.45. The minimum Gasteiger partial charge on any atom is -0.382 e. The van der Waals surface area contributed by atoms with Crippen LogP contribution in [0.3, 0.4) is 0 Å². The molecule has 0 fully saturated rings. The van der Waals surface area contributed by atoms with Gasteiger partial charge in [0, 0.05) is 11.6 Å². The summed E-state index contributed by atoms with van der Waals surface area (Å²) in [6.07, 6.45) is 2.07. The molecule has 0 aliphatic heterocycles. The Morgan fingerprint density at radius 3 is 2.50 bits per heavy atom. The molecule has 2 aromatic carbocycles. The maximum absolute atomic E-state index is 10.6. The summed E-state index contributed by atoms with van der Waals surface area (Å²) in [4.78, 5) is 4.38. The lowest BCUT2D eigenvalue weighted by Gasteiger charge is -2.13. The first-order chi connectivity index (χ1) is 9.79. The van der Waals surface area contributed by atoms with Crippen LogP contribution in [0.1, 0.15) is 29.8 Å². The molecule has 0 radical (unpaired) electrons. The van der Waals surface area contributed by atoms with Crippen LogP contribution in [0.5, 0.6) is 0 Å². The first-order valence-corrected chi connectivity index (χ1v) is 6.90. The number of hydrogen-bond acceptors (Lipinski definition) is 2. The number of pyridine rings is 1. The van der Waals surface area contributed by atoms with E-state index in [1.54, 1.807) is 6.20 Å². The Labute approximate surface area is 118 Å². The highest BCUT2D eigenvalue weighted by atomic mass is 16.3. The van der Waals surface area contributed by atoms with E-state index in [0.717, 1.165) is 22.8 Å². The van der Waals surface area contributed by atoms with E-state index in [-0.39, 0.29) is 0 Å². The van der Waals surface area contributed by atoms with E-state index in [1.165, 1.54) is 5.56 Å². The van der Waals surface area contributed by atoms with E-state index < -0.39 is 6.10 Å². The van der Waals surface area contributed by atoms with Gasteiger partial charge in [-0.2, -0.15) is 0 Å². The van der Waals surface area contributed by atoms with Crippen LogP contribution < -0.4 is 0 Å². The van der Waals surface area contributed by atoms with Crippen molar-refractivity contribution in [3.8, 4) is 0 Å². The van der Waals surface area contributed by atoms with Crippen molar-refractivity contribution in [3.05, 3.63) is 77.6 Å². The summed E-state index contributed by atoms with van der Waals surface area (Å²) in [7, 11) is 0. The quantitative estimate of drug-likeness (QED) is 0.778. The zero-order valence-corrected chi connectivity index (χ0v) is 11.5. The number of rotatable bonds is 3. The van der Waals surface area contributed by atoms with Gasteiger partial charge in [0.05, 0.1) is 5.69 Å². The Morgan fingerprint density at radius 1 is 1.00 bits per heavy atom. The van der Waals surface area contributed by atoms with Gasteiger partial charge in [-0.25, -0.2) is 0 Å². The Kier molecular flexibility index (Phi) is 3.48. The van der Waals surface area contributed by atoms with Crippen LogP contribution in [0.4, 0.5) is 0 Å². The van der Waals surface area contributed by atoms with Gasteiger partial charge in [0.25, 0.3) is 0 Å². The molecule has 2 heteroatoms. The van der Waals surface area contributed by atoms with Gasteiger partial charge in [-0.3, -0.25) is 4.98 Å². The predicted octanol–water partition coefficient (Wildman–Crippen LogP) is 3.88. The van der Waals surface area contributed by atoms with Crippen molar-refractivity contribution in [3.63, 3.8) is 0 Å². The van der Waals surface area contributed by atoms with Gasteiger partial charge in [0.2, 0.25) is 0 Å². The van der Waals surface area contributed by atoms with Crippen LogP contribution >= 0.6 is 0 Å². The van der Waals surface area contributed by atoms with Gasteiger partial charge in [-0.05, 0) is 29.0 Å². The number of benzene rings is 2. The number of aryl methyl sites for hydroxylation is 1. The molecular weight excluding hydrogens is 246 g/mol. The zero-order chi connectivity index (χ0) is 13.9. The van der Waals surface area contributed by atoms with E-state index in [1.807, 2.05) is 42.5 Å². The maximum atomic E-state index is 10.6. The minimum absolute atomic E-state index is 0.688. The van der Waals surface area contributed by atoms with E-state index in [4.69, 9.17) is 0 Å². The van der Waals surface area contributed by atoms with Crippen molar-refractivity contribution in [2.45, 2.75) is 19.4 Å². The van der Waals surface area contributed by atoms with E-state index >= 15 is 0 Å². The van der Waals surface area contributed by atoms with Gasteiger partial charge < -0.3 is 5.11 Å². The molecule has 1 aromatic heterocycles. The molecule has 0 aliphatic rings. The lowest BCUT2D eigenvalue weighted by molar-refractivity contribution is 0.217. The lowest BCUT2D eigenvalue weighted by atomic mass is 9.99. The van der Waals surface area contributed by atoms with Gasteiger partial charge in [0.15, 0.2) is 0 Å². The second-order valence-corrected chi connectivity index (χ2v) is 4.91. The first-order valence-electron chi connectivity index (χ1n) is 6.90. The van der Waals surface area contributed by atoms with Crippen LogP contribution in [0.25, 0.3) is 10.8 Å². The summed E-state index contributed by atoms with van der Waals surface area (Å²) in [5.74, 6) is 0. The maximum Gasteiger partial charge on any atom is 0.122 e. The molecule has 0 spiro atoms. The average molecular weight is 263 g/mol. The number of hydrogen-bond donors (Lipinski definition) is 1. The van der Waals surface area contributed by atoms with Gasteiger partial charge in [-0.1, -0.05) is 55.5 Å². The number of fused-ring (bicyclic) bond motifs is 1. The second-order valence-electron chi connectivity index (χ2n) is 4.91. The highest BCUT2D eigenvalue weighted by Crippen LogP contribution is 2.27. The Balaban J connectivity index is 2.05. The first kappa shape index (κ1) is 12.8. The predicted molar refractivity (Wildman–Crippen MR) is 81.6 cm³/mol. The number of nitrogens with zero attached hydrogens (tertiary/aromatic N) is 1. The number of aliphatic hydroxyl groups is 1. The minimum atomic E-state index is -0.688. The third-order valence-corrected chi connectivity index (χ3v) is 3.67. The van der Waals surface area contributed by atoms with E-state index in [9.17, 15) is 5.11 Å². The highest BCUT2D eigenvalue weighted by molar-refractivity contribution is 5.84. The number of aliphatic hydroxyl groups excluding tert-OH is 1. The molecule has 3 aromatic rings. The highest BCUT2D eigenvalue weighted by Gasteiger charge is 2.14. The fraction of sp³-hybridized carbons (Fsp3) is 0.167. The molecule has 1 atom stereocenters. The topological polar surface area (TPSA) is 33.1 Å². The summed E-state index contributed by atoms with van der Waals surface area (Å²) in [5.41, 5.74) is 2.87. The molecule has 0 aliphatic carbocycles. The molecule has 2 nitrogen and oxygen atoms in total. The molecule has 20 heavy (non-hydrogen) atoms. The summed E-state index contributed by atoms with van der Waals surface area (Å²) in [6, 6.07) is 18.0. The normalized spacial score (nSPS) is 12.5. The van der Waals surface area contributed by atoms with Crippen LogP contribution in [0.2, 0.25) is 0 Å². The van der Waals surface area contributed by atoms with Crippen molar-refractivity contribution in [2.75, 3.05) is 0 Å². The van der Waals surface area contributed by atoms with Crippen molar-refractivity contribution in [1.82, 2.24) is 4.98 Å². The molecule has 1 unspecified atom stereocenters. The van der Waals surface area contributed by atoms with Crippen molar-refractivity contribution < 1.29 is 5.11 Å². The average Bonchev–Trinajstić information content (AvgIpc) is 2.54. The molecular formula is C18H17NO. The molecule has 3 rings (SSSR count). The van der Waals surface area contributed by atoms with Gasteiger partial charge in [-0.15, -0.1) is 0 Å². The molecule has 1 N–H and O–H groups in total. The molecule has 0 bridgehead atoms. The standard InChI is InChI=1S/C18H17NO/c1-2-13-7-9-15(10-8-13)18(20)17-16-6-4-3-5-14(16)11-12-19-17/h3-12,18,20H,2H2,1H3. The van der Waals surface area contributed by atoms with Crippen LogP contribution in [-0.4, -0.2) is 10.1 Å². The summed E-state index contributed by atoms with van der Waals surface area (Å²) in [5, 5.41) is 12.7. The van der Waals surface area contributed by atoms with E-state index in [2.05, 4.69) is 24.0 Å². The molecule has 0 amide bonds. The van der Waals surface area contributed by atoms with Crippen LogP contribution in [-0.2, 0) is 6.42 Å². The molecule has 0 saturated carbocycles.